The maximum Gasteiger partial charge on any atom is 0.319 e. The van der Waals surface area contributed by atoms with Gasteiger partial charge in [0, 0.05) is 41.9 Å². The van der Waals surface area contributed by atoms with Gasteiger partial charge in [-0.05, 0) is 78.9 Å². The highest BCUT2D eigenvalue weighted by Gasteiger charge is 2.49. The van der Waals surface area contributed by atoms with Crippen LogP contribution in [0, 0.1) is 23.1 Å². The molecular weight excluding hydrogens is 788 g/mol. The quantitative estimate of drug-likeness (QED) is 0.0864. The van der Waals surface area contributed by atoms with Crippen molar-refractivity contribution in [1.29, 1.82) is 0 Å². The van der Waals surface area contributed by atoms with Crippen LogP contribution in [0.15, 0.2) is 34.9 Å². The molecule has 4 N–H and O–H groups in total. The molecule has 5 aromatic rings. The number of anilines is 2. The van der Waals surface area contributed by atoms with Gasteiger partial charge in [0.2, 0.25) is 11.8 Å². The van der Waals surface area contributed by atoms with E-state index in [1.807, 2.05) is 0 Å². The van der Waals surface area contributed by atoms with Gasteiger partial charge in [0.05, 0.1) is 23.9 Å². The van der Waals surface area contributed by atoms with Crippen molar-refractivity contribution in [3.63, 3.8) is 0 Å². The van der Waals surface area contributed by atoms with Crippen molar-refractivity contribution in [2.45, 2.75) is 120 Å². The summed E-state index contributed by atoms with van der Waals surface area (Å²) in [4.78, 5) is 16.3. The molecule has 15 heteroatoms. The van der Waals surface area contributed by atoms with Gasteiger partial charge in [0.25, 0.3) is 0 Å². The third-order valence-corrected chi connectivity index (χ3v) is 19.8. The number of nitrogens with two attached hydrogens (primary N) is 1. The maximum atomic E-state index is 17.6. The van der Waals surface area contributed by atoms with Gasteiger partial charge in [-0.3, -0.25) is 4.90 Å². The number of aromatic nitrogens is 4. The summed E-state index contributed by atoms with van der Waals surface area (Å²) >= 11 is 0. The number of ether oxygens (including phenoxy) is 2. The van der Waals surface area contributed by atoms with Crippen molar-refractivity contribution < 1.29 is 32.3 Å². The fourth-order valence-electron chi connectivity index (χ4n) is 10.7. The first-order valence-corrected chi connectivity index (χ1v) is 23.3. The second-order valence-electron chi connectivity index (χ2n) is 17.9. The van der Waals surface area contributed by atoms with E-state index in [1.165, 1.54) is 25.3 Å². The number of nitrogen functional groups attached to an aromatic ring is 1. The van der Waals surface area contributed by atoms with E-state index in [1.54, 1.807) is 12.1 Å². The number of benzene rings is 2. The Morgan fingerprint density at radius 2 is 1.82 bits per heavy atom. The number of nitrogens with zero attached hydrogens (tertiary/aromatic N) is 5. The van der Waals surface area contributed by atoms with E-state index < -0.39 is 31.4 Å². The highest BCUT2D eigenvalue weighted by atomic mass is 28.3. The second kappa shape index (κ2) is 16.1. The number of hydrogen-bond acceptors (Lipinski definition) is 11. The second-order valence-corrected chi connectivity index (χ2v) is 23.5. The van der Waals surface area contributed by atoms with E-state index in [-0.39, 0.29) is 92.3 Å². The van der Waals surface area contributed by atoms with Crippen LogP contribution in [0.25, 0.3) is 32.9 Å². The number of aromatic hydroxyl groups is 1. The van der Waals surface area contributed by atoms with Crippen LogP contribution in [0.3, 0.4) is 0 Å². The van der Waals surface area contributed by atoms with Crippen LogP contribution in [0.4, 0.5) is 24.9 Å². The molecule has 3 aromatic heterocycles. The van der Waals surface area contributed by atoms with Crippen LogP contribution in [-0.2, 0) is 0 Å². The van der Waals surface area contributed by atoms with Gasteiger partial charge in [0.15, 0.2) is 5.82 Å². The largest absolute Gasteiger partial charge is 0.508 e. The minimum Gasteiger partial charge on any atom is -0.508 e. The van der Waals surface area contributed by atoms with Gasteiger partial charge in [-0.15, -0.1) is 5.54 Å². The predicted octanol–water partition coefficient (Wildman–Crippen LogP) is 9.68. The molecule has 3 fully saturated rings. The van der Waals surface area contributed by atoms with Crippen molar-refractivity contribution in [1.82, 2.24) is 25.0 Å². The van der Waals surface area contributed by atoms with E-state index in [0.29, 0.717) is 30.2 Å². The number of rotatable bonds is 11. The maximum absolute atomic E-state index is 17.6. The van der Waals surface area contributed by atoms with Gasteiger partial charge < -0.3 is 30.2 Å². The Morgan fingerprint density at radius 3 is 2.52 bits per heavy atom. The number of halogens is 3. The van der Waals surface area contributed by atoms with E-state index >= 15 is 8.78 Å². The number of phenols is 1. The molecule has 11 nitrogen and oxygen atoms in total. The highest BCUT2D eigenvalue weighted by Crippen LogP contribution is 2.45. The molecule has 318 valence electrons. The molecule has 0 spiro atoms. The monoisotopic (exact) mass is 841 g/mol. The Bertz CT molecular complexity index is 2480. The molecule has 2 aromatic carbocycles. The van der Waals surface area contributed by atoms with Gasteiger partial charge in [-0.1, -0.05) is 58.7 Å². The first-order chi connectivity index (χ1) is 28.6. The Kier molecular flexibility index (Phi) is 11.2. The summed E-state index contributed by atoms with van der Waals surface area (Å²) in [6.07, 6.45) is 3.26. The molecule has 1 saturated carbocycles. The summed E-state index contributed by atoms with van der Waals surface area (Å²) in [5.74, 6) is 2.27. The van der Waals surface area contributed by atoms with Crippen LogP contribution in [0.1, 0.15) is 97.2 Å². The lowest BCUT2D eigenvalue weighted by molar-refractivity contribution is 0.107. The summed E-state index contributed by atoms with van der Waals surface area (Å²) in [6.45, 7) is 14.3. The molecule has 5 heterocycles. The Balaban J connectivity index is 1.29. The molecular formula is C45H54F3N7O4Si. The molecule has 8 rings (SSSR count). The fourth-order valence-corrected chi connectivity index (χ4v) is 15.9. The average molecular weight is 842 g/mol. The van der Waals surface area contributed by atoms with Crippen molar-refractivity contribution in [3.8, 4) is 40.4 Å². The van der Waals surface area contributed by atoms with Crippen molar-refractivity contribution in [3.05, 3.63) is 53.2 Å². The fraction of sp³-hybridized carbons (Fsp3) is 0.511. The zero-order valence-electron chi connectivity index (χ0n) is 35.3. The van der Waals surface area contributed by atoms with Crippen LogP contribution < -0.4 is 20.5 Å². The highest BCUT2D eigenvalue weighted by molar-refractivity contribution is 6.90. The molecule has 0 unspecified atom stereocenters. The number of phenolic OH excluding ortho intramolecular Hbond substituents is 1. The topological polar surface area (TPSA) is 145 Å². The van der Waals surface area contributed by atoms with Crippen molar-refractivity contribution in [2.75, 3.05) is 37.9 Å². The number of pyridine rings is 1. The van der Waals surface area contributed by atoms with Gasteiger partial charge in [-0.2, -0.15) is 9.97 Å². The molecule has 2 aliphatic heterocycles. The van der Waals surface area contributed by atoms with Crippen LogP contribution >= 0.6 is 0 Å². The molecule has 0 bridgehead atoms. The van der Waals surface area contributed by atoms with E-state index in [0.717, 1.165) is 37.9 Å². The molecule has 1 aliphatic carbocycles. The SMILES string of the molecule is COc1nc(-c2cc(O)cc3ccc(F)c(C#C[Si](C(C)C)(C(C)C)C(C)C)c23)c(F)c2nc(OC[C@@]34CCCN3C[C@H](F)C4)nc(N[C@@H]3CC[C@H](c4cc(N)on4)C3)c12. The predicted molar refractivity (Wildman–Crippen MR) is 230 cm³/mol. The third-order valence-electron chi connectivity index (χ3n) is 13.5. The molecule has 2 saturated heterocycles. The lowest BCUT2D eigenvalue weighted by atomic mass is 9.95. The van der Waals surface area contributed by atoms with Gasteiger partial charge in [-0.25, -0.2) is 18.2 Å². The number of hydrogen-bond donors (Lipinski definition) is 3. The Labute approximate surface area is 349 Å². The molecule has 0 amide bonds. The number of alkyl halides is 1. The first-order valence-electron chi connectivity index (χ1n) is 21.1. The number of nitrogens with one attached hydrogen (secondary N) is 1. The minimum absolute atomic E-state index is 0.0114. The van der Waals surface area contributed by atoms with E-state index in [2.05, 4.69) is 73.4 Å². The molecule has 0 radical (unpaired) electrons. The van der Waals surface area contributed by atoms with Crippen LogP contribution in [0.5, 0.6) is 17.6 Å². The van der Waals surface area contributed by atoms with Crippen LogP contribution in [-0.4, -0.2) is 82.7 Å². The summed E-state index contributed by atoms with van der Waals surface area (Å²) in [7, 11) is -0.912. The summed E-state index contributed by atoms with van der Waals surface area (Å²) in [5.41, 5.74) is 10.4. The van der Waals surface area contributed by atoms with Crippen molar-refractivity contribution >= 4 is 41.5 Å². The average Bonchev–Trinajstić information content (AvgIpc) is 3.99. The van der Waals surface area contributed by atoms with Gasteiger partial charge in [0.1, 0.15) is 54.8 Å². The van der Waals surface area contributed by atoms with E-state index in [4.69, 9.17) is 29.7 Å². The Hall–Kier alpha value is -5.07. The molecule has 4 atom stereocenters. The smallest absolute Gasteiger partial charge is 0.319 e. The van der Waals surface area contributed by atoms with Gasteiger partial charge >= 0.3 is 6.01 Å². The zero-order valence-corrected chi connectivity index (χ0v) is 36.3. The third kappa shape index (κ3) is 7.29. The van der Waals surface area contributed by atoms with E-state index in [9.17, 15) is 9.50 Å². The number of fused-ring (bicyclic) bond motifs is 3. The van der Waals surface area contributed by atoms with Crippen molar-refractivity contribution in [2.24, 2.45) is 0 Å². The Morgan fingerprint density at radius 1 is 1.05 bits per heavy atom. The summed E-state index contributed by atoms with van der Waals surface area (Å²) in [6, 6.07) is 7.26. The molecule has 60 heavy (non-hydrogen) atoms. The normalized spacial score (nSPS) is 22.0. The minimum atomic E-state index is -2.33. The van der Waals surface area contributed by atoms with Crippen LogP contribution in [0.2, 0.25) is 16.6 Å². The standard InChI is InChI=1S/C45H54F3N7O4Si/c1-24(2)60(25(3)4,26(5)6)16-13-32-34(47)12-10-28-18-31(56)19-33(37(28)32)40-39(48)41-38(43(51-40)57-7)42(50-30-11-9-27(17-30)35-20-36(49)59-54-35)53-44(52-41)58-23-45-14-8-15-55(45)22-29(46)21-45/h10,12,18-20,24-27,29-30,56H,8-9,11,14-15,17,21-23,49H2,1-7H3,(H,50,52,53)/t27-,29+,30+,45-/m0/s1. The lowest BCUT2D eigenvalue weighted by Crippen LogP contribution is -2.43. The molecule has 3 aliphatic rings. The lowest BCUT2D eigenvalue weighted by Gasteiger charge is -2.38. The summed E-state index contributed by atoms with van der Waals surface area (Å²) in [5, 5.41) is 19.6. The first kappa shape index (κ1) is 41.7. The zero-order chi connectivity index (χ0) is 42.7. The summed E-state index contributed by atoms with van der Waals surface area (Å²) < 4.78 is 65.9. The number of methoxy groups -OCH3 is 1.